The van der Waals surface area contributed by atoms with E-state index in [2.05, 4.69) is 5.16 Å². The molecule has 0 heterocycles. The number of oxime groups is 1. The second-order valence-electron chi connectivity index (χ2n) is 5.47. The molecule has 1 rings (SSSR count). The van der Waals surface area contributed by atoms with Gasteiger partial charge < -0.3 is 21.6 Å². The summed E-state index contributed by atoms with van der Waals surface area (Å²) in [6.07, 6.45) is 1.91. The molecule has 0 saturated heterocycles. The van der Waals surface area contributed by atoms with E-state index in [1.54, 1.807) is 0 Å². The summed E-state index contributed by atoms with van der Waals surface area (Å²) < 4.78 is 0. The van der Waals surface area contributed by atoms with Gasteiger partial charge >= 0.3 is 0 Å². The number of carbonyl (C=O) groups excluding carboxylic acids is 2. The molecule has 1 aliphatic carbocycles. The van der Waals surface area contributed by atoms with Crippen molar-refractivity contribution in [3.63, 3.8) is 0 Å². The maximum atomic E-state index is 12.6. The molecule has 0 radical (unpaired) electrons. The Labute approximate surface area is 112 Å². The summed E-state index contributed by atoms with van der Waals surface area (Å²) in [6.45, 7) is 4.16. The zero-order chi connectivity index (χ0) is 14.6. The fraction of sp³-hybridized carbons (Fsp3) is 0.750. The number of primary amides is 1. The lowest BCUT2D eigenvalue weighted by Gasteiger charge is -2.42. The summed E-state index contributed by atoms with van der Waals surface area (Å²) in [5, 5.41) is 11.8. The third-order valence-corrected chi connectivity index (χ3v) is 3.43. The molecule has 1 aliphatic rings. The van der Waals surface area contributed by atoms with Crippen LogP contribution in [0.3, 0.4) is 0 Å². The SMILES string of the molecule is CC(C)CN(CC(N)=O)C(=O)C1(C(N)=NO)CCC1. The molecule has 7 heteroatoms. The van der Waals surface area contributed by atoms with Gasteiger partial charge in [-0.2, -0.15) is 0 Å². The van der Waals surface area contributed by atoms with Gasteiger partial charge in [-0.15, -0.1) is 0 Å². The number of amides is 2. The fourth-order valence-electron chi connectivity index (χ4n) is 2.36. The first kappa shape index (κ1) is 15.3. The Morgan fingerprint density at radius 1 is 1.37 bits per heavy atom. The molecule has 7 nitrogen and oxygen atoms in total. The Morgan fingerprint density at radius 2 is 1.95 bits per heavy atom. The standard InChI is InChI=1S/C12H22N4O3/c1-8(2)6-16(7-9(13)17)11(18)12(4-3-5-12)10(14)15-19/h8,19H,3-7H2,1-2H3,(H2,13,17)(H2,14,15). The van der Waals surface area contributed by atoms with Crippen LogP contribution in [-0.2, 0) is 9.59 Å². The average Bonchev–Trinajstić information content (AvgIpc) is 2.24. The van der Waals surface area contributed by atoms with Crippen molar-refractivity contribution >= 4 is 17.6 Å². The van der Waals surface area contributed by atoms with Crippen molar-refractivity contribution in [3.05, 3.63) is 0 Å². The van der Waals surface area contributed by atoms with Gasteiger partial charge in [-0.1, -0.05) is 25.4 Å². The molecule has 0 aromatic heterocycles. The lowest BCUT2D eigenvalue weighted by atomic mass is 9.66. The maximum absolute atomic E-state index is 12.6. The third kappa shape index (κ3) is 3.15. The first-order valence-electron chi connectivity index (χ1n) is 6.39. The van der Waals surface area contributed by atoms with Crippen molar-refractivity contribution in [2.45, 2.75) is 33.1 Å². The number of carbonyl (C=O) groups is 2. The van der Waals surface area contributed by atoms with Gasteiger partial charge in [-0.05, 0) is 18.8 Å². The largest absolute Gasteiger partial charge is 0.409 e. The van der Waals surface area contributed by atoms with Crippen molar-refractivity contribution in [2.75, 3.05) is 13.1 Å². The summed E-state index contributed by atoms with van der Waals surface area (Å²) in [7, 11) is 0. The topological polar surface area (TPSA) is 122 Å². The van der Waals surface area contributed by atoms with Gasteiger partial charge in [-0.3, -0.25) is 9.59 Å². The Morgan fingerprint density at radius 3 is 2.26 bits per heavy atom. The Kier molecular flexibility index (Phi) is 4.74. The molecule has 19 heavy (non-hydrogen) atoms. The highest BCUT2D eigenvalue weighted by atomic mass is 16.4. The van der Waals surface area contributed by atoms with Gasteiger partial charge in [0.1, 0.15) is 5.41 Å². The molecular formula is C12H22N4O3. The third-order valence-electron chi connectivity index (χ3n) is 3.43. The predicted molar refractivity (Wildman–Crippen MR) is 70.3 cm³/mol. The van der Waals surface area contributed by atoms with Crippen LogP contribution in [0.5, 0.6) is 0 Å². The van der Waals surface area contributed by atoms with Crippen LogP contribution in [0.2, 0.25) is 0 Å². The van der Waals surface area contributed by atoms with Crippen LogP contribution in [0.25, 0.3) is 0 Å². The molecule has 0 aromatic carbocycles. The normalized spacial score (nSPS) is 17.9. The molecule has 0 atom stereocenters. The first-order chi connectivity index (χ1) is 8.83. The van der Waals surface area contributed by atoms with E-state index in [0.717, 1.165) is 6.42 Å². The molecule has 0 spiro atoms. The van der Waals surface area contributed by atoms with Crippen LogP contribution in [0.15, 0.2) is 5.16 Å². The zero-order valence-corrected chi connectivity index (χ0v) is 11.4. The molecule has 2 amide bonds. The number of hydrogen-bond donors (Lipinski definition) is 3. The molecule has 5 N–H and O–H groups in total. The van der Waals surface area contributed by atoms with Gasteiger partial charge in [0.15, 0.2) is 5.84 Å². The lowest BCUT2D eigenvalue weighted by Crippen LogP contribution is -2.57. The van der Waals surface area contributed by atoms with Gasteiger partial charge in [0.25, 0.3) is 0 Å². The Hall–Kier alpha value is -1.79. The minimum atomic E-state index is -0.959. The molecule has 0 aromatic rings. The minimum absolute atomic E-state index is 0.0815. The lowest BCUT2D eigenvalue weighted by molar-refractivity contribution is -0.145. The summed E-state index contributed by atoms with van der Waals surface area (Å²) in [5.74, 6) is -0.723. The summed E-state index contributed by atoms with van der Waals surface area (Å²) >= 11 is 0. The quantitative estimate of drug-likeness (QED) is 0.269. The summed E-state index contributed by atoms with van der Waals surface area (Å²) in [5.41, 5.74) is 9.87. The Bertz CT molecular complexity index is 388. The van der Waals surface area contributed by atoms with E-state index >= 15 is 0 Å². The van der Waals surface area contributed by atoms with Crippen molar-refractivity contribution in [2.24, 2.45) is 28.0 Å². The van der Waals surface area contributed by atoms with Gasteiger partial charge in [0.2, 0.25) is 11.8 Å². The number of nitrogens with zero attached hydrogens (tertiary/aromatic N) is 2. The molecule has 1 saturated carbocycles. The van der Waals surface area contributed by atoms with Crippen molar-refractivity contribution in [1.29, 1.82) is 0 Å². The number of nitrogens with two attached hydrogens (primary N) is 2. The second-order valence-corrected chi connectivity index (χ2v) is 5.47. The highest BCUT2D eigenvalue weighted by Crippen LogP contribution is 2.42. The van der Waals surface area contributed by atoms with Gasteiger partial charge in [0.05, 0.1) is 6.54 Å². The van der Waals surface area contributed by atoms with Crippen molar-refractivity contribution in [1.82, 2.24) is 4.90 Å². The molecule has 0 unspecified atom stereocenters. The van der Waals surface area contributed by atoms with Crippen molar-refractivity contribution in [3.8, 4) is 0 Å². The minimum Gasteiger partial charge on any atom is -0.409 e. The average molecular weight is 270 g/mol. The molecule has 0 bridgehead atoms. The second kappa shape index (κ2) is 5.90. The summed E-state index contributed by atoms with van der Waals surface area (Å²) in [6, 6.07) is 0. The number of rotatable bonds is 6. The van der Waals surface area contributed by atoms with E-state index in [0.29, 0.717) is 19.4 Å². The Balaban J connectivity index is 2.94. The predicted octanol–water partition coefficient (Wildman–Crippen LogP) is -0.127. The van der Waals surface area contributed by atoms with Crippen LogP contribution >= 0.6 is 0 Å². The van der Waals surface area contributed by atoms with Crippen LogP contribution in [0, 0.1) is 11.3 Å². The van der Waals surface area contributed by atoms with Crippen LogP contribution in [-0.4, -0.2) is 40.8 Å². The zero-order valence-electron chi connectivity index (χ0n) is 11.4. The van der Waals surface area contributed by atoms with Crippen molar-refractivity contribution < 1.29 is 14.8 Å². The highest BCUT2D eigenvalue weighted by Gasteiger charge is 2.50. The molecule has 108 valence electrons. The van der Waals surface area contributed by atoms with Crippen LogP contribution in [0.1, 0.15) is 33.1 Å². The van der Waals surface area contributed by atoms with E-state index in [4.69, 9.17) is 16.7 Å². The van der Waals surface area contributed by atoms with Crippen LogP contribution < -0.4 is 11.5 Å². The molecular weight excluding hydrogens is 248 g/mol. The fourth-order valence-corrected chi connectivity index (χ4v) is 2.36. The van der Waals surface area contributed by atoms with E-state index in [1.807, 2.05) is 13.8 Å². The van der Waals surface area contributed by atoms with Gasteiger partial charge in [-0.25, -0.2) is 0 Å². The van der Waals surface area contributed by atoms with Crippen LogP contribution in [0.4, 0.5) is 0 Å². The molecule has 0 aliphatic heterocycles. The van der Waals surface area contributed by atoms with E-state index in [-0.39, 0.29) is 24.2 Å². The smallest absolute Gasteiger partial charge is 0.237 e. The summed E-state index contributed by atoms with van der Waals surface area (Å²) in [4.78, 5) is 25.1. The first-order valence-corrected chi connectivity index (χ1v) is 6.39. The number of amidine groups is 1. The monoisotopic (exact) mass is 270 g/mol. The molecule has 1 fully saturated rings. The highest BCUT2D eigenvalue weighted by molar-refractivity contribution is 6.08. The van der Waals surface area contributed by atoms with E-state index in [9.17, 15) is 9.59 Å². The maximum Gasteiger partial charge on any atom is 0.237 e. The number of hydrogen-bond acceptors (Lipinski definition) is 4. The van der Waals surface area contributed by atoms with Gasteiger partial charge in [0, 0.05) is 6.54 Å². The van der Waals surface area contributed by atoms with E-state index in [1.165, 1.54) is 4.90 Å². The van der Waals surface area contributed by atoms with E-state index < -0.39 is 11.3 Å².